The van der Waals surface area contributed by atoms with Crippen molar-refractivity contribution in [2.24, 2.45) is 0 Å². The summed E-state index contributed by atoms with van der Waals surface area (Å²) >= 11 is 0.920. The second-order valence-electron chi connectivity index (χ2n) is 11.1. The number of rotatable bonds is 5. The first kappa shape index (κ1) is 26.2. The summed E-state index contributed by atoms with van der Waals surface area (Å²) in [4.78, 5) is 17.3. The molecule has 0 radical (unpaired) electrons. The summed E-state index contributed by atoms with van der Waals surface area (Å²) < 4.78 is 57.9. The van der Waals surface area contributed by atoms with Gasteiger partial charge in [0.15, 0.2) is 11.6 Å². The fourth-order valence-corrected chi connectivity index (χ4v) is 7.58. The van der Waals surface area contributed by atoms with Crippen molar-refractivity contribution in [2.45, 2.75) is 44.2 Å². The molecule has 0 saturated carbocycles. The van der Waals surface area contributed by atoms with Gasteiger partial charge in [0, 0.05) is 38.0 Å². The quantitative estimate of drug-likeness (QED) is 0.359. The Morgan fingerprint density at radius 3 is 2.85 bits per heavy atom. The van der Waals surface area contributed by atoms with Crippen LogP contribution in [0.5, 0.6) is 6.01 Å². The van der Waals surface area contributed by atoms with Crippen LogP contribution >= 0.6 is 11.3 Å². The lowest BCUT2D eigenvalue weighted by atomic mass is 9.93. The second kappa shape index (κ2) is 9.40. The van der Waals surface area contributed by atoms with E-state index in [0.717, 1.165) is 36.9 Å². The van der Waals surface area contributed by atoms with E-state index in [1.165, 1.54) is 0 Å². The van der Waals surface area contributed by atoms with Crippen LogP contribution in [0.3, 0.4) is 0 Å². The van der Waals surface area contributed by atoms with Crippen molar-refractivity contribution in [1.29, 1.82) is 5.26 Å². The van der Waals surface area contributed by atoms with Gasteiger partial charge in [-0.15, -0.1) is 11.3 Å². The van der Waals surface area contributed by atoms with E-state index in [-0.39, 0.29) is 63.3 Å². The van der Waals surface area contributed by atoms with Crippen molar-refractivity contribution in [3.05, 3.63) is 34.5 Å². The third-order valence-electron chi connectivity index (χ3n) is 8.46. The summed E-state index contributed by atoms with van der Waals surface area (Å²) in [7, 11) is 3.58. The van der Waals surface area contributed by atoms with Crippen molar-refractivity contribution >= 4 is 43.1 Å². The number of nitriles is 1. The Balaban J connectivity index is 1.43. The number of nitrogen functional groups attached to an aromatic ring is 1. The SMILES string of the molecule is CN(C)c1nc(OC[C@@]23CCCN2CC(F)C3)nc2c(F)c(-c3ncc(F)c4sc(N)c(C#N)c34)c3c(c12)COC3. The predicted molar refractivity (Wildman–Crippen MR) is 149 cm³/mol. The summed E-state index contributed by atoms with van der Waals surface area (Å²) in [6, 6.07) is 1.99. The monoisotopic (exact) mass is 581 g/mol. The molecule has 2 atom stereocenters. The summed E-state index contributed by atoms with van der Waals surface area (Å²) in [6.45, 7) is 1.65. The highest BCUT2D eigenvalue weighted by atomic mass is 32.1. The van der Waals surface area contributed by atoms with E-state index in [2.05, 4.69) is 19.9 Å². The lowest BCUT2D eigenvalue weighted by molar-refractivity contribution is 0.107. The van der Waals surface area contributed by atoms with Gasteiger partial charge in [-0.05, 0) is 30.5 Å². The van der Waals surface area contributed by atoms with Crippen LogP contribution in [0, 0.1) is 23.0 Å². The molecule has 1 unspecified atom stereocenters. The van der Waals surface area contributed by atoms with Gasteiger partial charge in [0.2, 0.25) is 0 Å². The number of pyridine rings is 1. The zero-order chi connectivity index (χ0) is 28.6. The molecule has 0 aliphatic carbocycles. The van der Waals surface area contributed by atoms with Crippen molar-refractivity contribution in [2.75, 3.05) is 44.4 Å². The summed E-state index contributed by atoms with van der Waals surface area (Å²) in [5, 5.41) is 10.6. The minimum atomic E-state index is -0.916. The molecular formula is C28H26F3N7O2S. The number of nitrogens with two attached hydrogens (primary N) is 1. The largest absolute Gasteiger partial charge is 0.461 e. The smallest absolute Gasteiger partial charge is 0.319 e. The number of halogens is 3. The Hall–Kier alpha value is -3.73. The molecule has 4 aromatic rings. The van der Waals surface area contributed by atoms with E-state index < -0.39 is 23.3 Å². The van der Waals surface area contributed by atoms with Gasteiger partial charge in [0.25, 0.3) is 0 Å². The van der Waals surface area contributed by atoms with E-state index >= 15 is 4.39 Å². The van der Waals surface area contributed by atoms with Crippen LogP contribution < -0.4 is 15.4 Å². The second-order valence-corrected chi connectivity index (χ2v) is 12.1. The minimum Gasteiger partial charge on any atom is -0.461 e. The fraction of sp³-hybridized carbons (Fsp3) is 0.429. The molecule has 0 amide bonds. The lowest BCUT2D eigenvalue weighted by Gasteiger charge is -2.31. The highest BCUT2D eigenvalue weighted by Crippen LogP contribution is 2.47. The molecule has 212 valence electrons. The maximum absolute atomic E-state index is 16.8. The average molecular weight is 582 g/mol. The van der Waals surface area contributed by atoms with Crippen LogP contribution in [-0.4, -0.2) is 65.4 Å². The molecular weight excluding hydrogens is 555 g/mol. The maximum Gasteiger partial charge on any atom is 0.319 e. The molecule has 13 heteroatoms. The lowest BCUT2D eigenvalue weighted by Crippen LogP contribution is -2.43. The normalized spacial score (nSPS) is 21.9. The van der Waals surface area contributed by atoms with Gasteiger partial charge in [-0.3, -0.25) is 9.88 Å². The molecule has 2 N–H and O–H groups in total. The Kier molecular flexibility index (Phi) is 6.01. The Morgan fingerprint density at radius 1 is 1.27 bits per heavy atom. The van der Waals surface area contributed by atoms with E-state index in [4.69, 9.17) is 15.2 Å². The topological polar surface area (TPSA) is 113 Å². The van der Waals surface area contributed by atoms with E-state index in [1.54, 1.807) is 19.0 Å². The van der Waals surface area contributed by atoms with Gasteiger partial charge in [0.1, 0.15) is 35.2 Å². The minimum absolute atomic E-state index is 0.00509. The molecule has 9 nitrogen and oxygen atoms in total. The highest BCUT2D eigenvalue weighted by molar-refractivity contribution is 7.23. The number of thiophene rings is 1. The van der Waals surface area contributed by atoms with Crippen LogP contribution in [-0.2, 0) is 18.0 Å². The van der Waals surface area contributed by atoms with Crippen molar-refractivity contribution in [3.63, 3.8) is 0 Å². The number of hydrogen-bond donors (Lipinski definition) is 1. The zero-order valence-electron chi connectivity index (χ0n) is 22.4. The third-order valence-corrected chi connectivity index (χ3v) is 9.48. The Bertz CT molecular complexity index is 1790. The Morgan fingerprint density at radius 2 is 2.07 bits per heavy atom. The molecule has 0 spiro atoms. The summed E-state index contributed by atoms with van der Waals surface area (Å²) in [5.74, 6) is -0.909. The number of benzene rings is 1. The van der Waals surface area contributed by atoms with E-state index in [1.807, 2.05) is 6.07 Å². The summed E-state index contributed by atoms with van der Waals surface area (Å²) in [5.41, 5.74) is 7.04. The van der Waals surface area contributed by atoms with Crippen molar-refractivity contribution < 1.29 is 22.6 Å². The van der Waals surface area contributed by atoms with Gasteiger partial charge in [-0.25, -0.2) is 13.2 Å². The number of alkyl halides is 1. The van der Waals surface area contributed by atoms with Crippen molar-refractivity contribution in [3.8, 4) is 23.3 Å². The number of aromatic nitrogens is 3. The van der Waals surface area contributed by atoms with Crippen LogP contribution in [0.25, 0.3) is 32.2 Å². The molecule has 2 fully saturated rings. The summed E-state index contributed by atoms with van der Waals surface area (Å²) in [6.07, 6.45) is 2.23. The first-order chi connectivity index (χ1) is 19.7. The zero-order valence-corrected chi connectivity index (χ0v) is 23.2. The standard InChI is InChI=1S/C28H26F3N7O2S/c1-37(2)26-20-16-11-39-10-15(16)18(22-19-14(7-32)25(33)41-24(19)17(30)8-34-22)21(31)23(20)35-27(36-26)40-12-28-4-3-5-38(28)9-13(29)6-28/h8,13H,3-6,9-12,33H2,1-2H3/t13?,28-/m0/s1. The number of anilines is 2. The molecule has 6 heterocycles. The van der Waals surface area contributed by atoms with Gasteiger partial charge in [0.05, 0.1) is 46.3 Å². The molecule has 1 aromatic carbocycles. The van der Waals surface area contributed by atoms with Crippen LogP contribution in [0.4, 0.5) is 24.0 Å². The molecule has 0 bridgehead atoms. The highest BCUT2D eigenvalue weighted by Gasteiger charge is 2.49. The third kappa shape index (κ3) is 3.84. The molecule has 3 aliphatic rings. The number of hydrogen-bond acceptors (Lipinski definition) is 10. The molecule has 2 saturated heterocycles. The number of nitrogens with zero attached hydrogens (tertiary/aromatic N) is 6. The van der Waals surface area contributed by atoms with Gasteiger partial charge < -0.3 is 20.1 Å². The van der Waals surface area contributed by atoms with Gasteiger partial charge in [-0.2, -0.15) is 15.2 Å². The molecule has 3 aliphatic heterocycles. The predicted octanol–water partition coefficient (Wildman–Crippen LogP) is 4.69. The first-order valence-electron chi connectivity index (χ1n) is 13.3. The number of ether oxygens (including phenoxy) is 2. The van der Waals surface area contributed by atoms with Crippen molar-refractivity contribution in [1.82, 2.24) is 19.9 Å². The first-order valence-corrected chi connectivity index (χ1v) is 14.1. The molecule has 41 heavy (non-hydrogen) atoms. The van der Waals surface area contributed by atoms with E-state index in [9.17, 15) is 14.0 Å². The van der Waals surface area contributed by atoms with Crippen LogP contribution in [0.15, 0.2) is 6.20 Å². The molecule has 3 aromatic heterocycles. The van der Waals surface area contributed by atoms with Crippen LogP contribution in [0.2, 0.25) is 0 Å². The average Bonchev–Trinajstić information content (AvgIpc) is 3.70. The maximum atomic E-state index is 16.8. The van der Waals surface area contributed by atoms with Gasteiger partial charge >= 0.3 is 6.01 Å². The van der Waals surface area contributed by atoms with Crippen LogP contribution in [0.1, 0.15) is 36.0 Å². The Labute approximate surface area is 237 Å². The van der Waals surface area contributed by atoms with E-state index in [0.29, 0.717) is 35.3 Å². The van der Waals surface area contributed by atoms with Gasteiger partial charge in [-0.1, -0.05) is 0 Å². The number of fused-ring (bicyclic) bond motifs is 5. The fourth-order valence-electron chi connectivity index (χ4n) is 6.66. The molecule has 7 rings (SSSR count).